The molecule has 1 saturated carbocycles. The Morgan fingerprint density at radius 2 is 2.10 bits per heavy atom. The van der Waals surface area contributed by atoms with Crippen molar-refractivity contribution in [1.82, 2.24) is 20.1 Å². The Kier molecular flexibility index (Phi) is 3.57. The maximum absolute atomic E-state index is 4.59. The number of rotatable bonds is 5. The molecule has 2 heterocycles. The molecule has 1 fully saturated rings. The highest BCUT2D eigenvalue weighted by molar-refractivity contribution is 5.68. The van der Waals surface area contributed by atoms with Crippen LogP contribution < -0.4 is 5.32 Å². The minimum Gasteiger partial charge on any atom is -0.310 e. The van der Waals surface area contributed by atoms with Gasteiger partial charge in [-0.1, -0.05) is 0 Å². The largest absolute Gasteiger partial charge is 0.310 e. The first kappa shape index (κ1) is 13.3. The van der Waals surface area contributed by atoms with Gasteiger partial charge in [0.2, 0.25) is 0 Å². The van der Waals surface area contributed by atoms with Crippen molar-refractivity contribution in [3.05, 3.63) is 35.4 Å². The van der Waals surface area contributed by atoms with Crippen LogP contribution in [0.25, 0.3) is 11.1 Å². The van der Waals surface area contributed by atoms with Gasteiger partial charge in [-0.2, -0.15) is 5.10 Å². The molecule has 4 nitrogen and oxygen atoms in total. The van der Waals surface area contributed by atoms with Gasteiger partial charge in [0.05, 0.1) is 5.69 Å². The Morgan fingerprint density at radius 3 is 2.75 bits per heavy atom. The molecule has 0 bridgehead atoms. The van der Waals surface area contributed by atoms with E-state index >= 15 is 0 Å². The normalized spacial score (nSPS) is 14.8. The number of aromatic nitrogens is 3. The molecule has 1 aliphatic rings. The topological polar surface area (TPSA) is 42.7 Å². The van der Waals surface area contributed by atoms with Crippen molar-refractivity contribution in [2.24, 2.45) is 0 Å². The summed E-state index contributed by atoms with van der Waals surface area (Å²) in [5.41, 5.74) is 5.96. The first-order chi connectivity index (χ1) is 9.69. The molecule has 0 radical (unpaired) electrons. The van der Waals surface area contributed by atoms with Crippen LogP contribution in [0.1, 0.15) is 36.7 Å². The lowest BCUT2D eigenvalue weighted by atomic mass is 10.0. The summed E-state index contributed by atoms with van der Waals surface area (Å²) in [6, 6.07) is 2.96. The van der Waals surface area contributed by atoms with Crippen molar-refractivity contribution in [1.29, 1.82) is 0 Å². The SMILES string of the molecule is CCn1nc(C)c(-c2cncc(CNC3CC3)c2)c1C. The van der Waals surface area contributed by atoms with Crippen LogP contribution in [0, 0.1) is 13.8 Å². The molecule has 0 aromatic carbocycles. The molecular formula is C16H22N4. The monoisotopic (exact) mass is 270 g/mol. The minimum atomic E-state index is 0.727. The predicted octanol–water partition coefficient (Wildman–Crippen LogP) is 2.83. The lowest BCUT2D eigenvalue weighted by Gasteiger charge is -2.07. The molecule has 106 valence electrons. The van der Waals surface area contributed by atoms with Crippen molar-refractivity contribution >= 4 is 0 Å². The van der Waals surface area contributed by atoms with Crippen molar-refractivity contribution in [2.45, 2.75) is 52.7 Å². The molecule has 4 heteroatoms. The van der Waals surface area contributed by atoms with Crippen LogP contribution in [0.5, 0.6) is 0 Å². The van der Waals surface area contributed by atoms with E-state index in [4.69, 9.17) is 0 Å². The van der Waals surface area contributed by atoms with Crippen molar-refractivity contribution in [3.63, 3.8) is 0 Å². The highest BCUT2D eigenvalue weighted by atomic mass is 15.3. The molecule has 1 N–H and O–H groups in total. The Hall–Kier alpha value is -1.68. The molecule has 0 aliphatic heterocycles. The Labute approximate surface area is 120 Å². The Balaban J connectivity index is 1.89. The van der Waals surface area contributed by atoms with E-state index in [2.05, 4.69) is 46.9 Å². The second-order valence-electron chi connectivity index (χ2n) is 5.60. The molecule has 0 unspecified atom stereocenters. The van der Waals surface area contributed by atoms with Crippen molar-refractivity contribution in [3.8, 4) is 11.1 Å². The summed E-state index contributed by atoms with van der Waals surface area (Å²) in [4.78, 5) is 4.40. The van der Waals surface area contributed by atoms with Gasteiger partial charge in [0, 0.05) is 48.3 Å². The van der Waals surface area contributed by atoms with E-state index in [0.717, 1.165) is 24.8 Å². The van der Waals surface area contributed by atoms with Crippen molar-refractivity contribution in [2.75, 3.05) is 0 Å². The summed E-state index contributed by atoms with van der Waals surface area (Å²) in [5.74, 6) is 0. The van der Waals surface area contributed by atoms with E-state index in [1.807, 2.05) is 12.4 Å². The van der Waals surface area contributed by atoms with E-state index < -0.39 is 0 Å². The molecule has 0 spiro atoms. The molecular weight excluding hydrogens is 248 g/mol. The Bertz CT molecular complexity index is 611. The third kappa shape index (κ3) is 2.61. The number of nitrogens with one attached hydrogen (secondary N) is 1. The molecule has 1 aliphatic carbocycles. The predicted molar refractivity (Wildman–Crippen MR) is 80.5 cm³/mol. The summed E-state index contributed by atoms with van der Waals surface area (Å²) in [6.07, 6.45) is 6.52. The highest BCUT2D eigenvalue weighted by Crippen LogP contribution is 2.27. The zero-order valence-corrected chi connectivity index (χ0v) is 12.5. The number of nitrogens with zero attached hydrogens (tertiary/aromatic N) is 3. The lowest BCUT2D eigenvalue weighted by molar-refractivity contribution is 0.634. The van der Waals surface area contributed by atoms with Crippen LogP contribution in [0.3, 0.4) is 0 Å². The number of hydrogen-bond acceptors (Lipinski definition) is 3. The maximum atomic E-state index is 4.59. The van der Waals surface area contributed by atoms with E-state index in [-0.39, 0.29) is 0 Å². The van der Waals surface area contributed by atoms with Gasteiger partial charge in [-0.05, 0) is 45.2 Å². The van der Waals surface area contributed by atoms with E-state index in [1.165, 1.54) is 35.2 Å². The summed E-state index contributed by atoms with van der Waals surface area (Å²) in [7, 11) is 0. The van der Waals surface area contributed by atoms with Gasteiger partial charge in [0.25, 0.3) is 0 Å². The quantitative estimate of drug-likeness (QED) is 0.908. The summed E-state index contributed by atoms with van der Waals surface area (Å²) >= 11 is 0. The molecule has 2 aromatic heterocycles. The van der Waals surface area contributed by atoms with Gasteiger partial charge in [-0.15, -0.1) is 0 Å². The smallest absolute Gasteiger partial charge is 0.0675 e. The lowest BCUT2D eigenvalue weighted by Crippen LogP contribution is -2.15. The van der Waals surface area contributed by atoms with Crippen LogP contribution >= 0.6 is 0 Å². The second kappa shape index (κ2) is 5.37. The third-order valence-corrected chi connectivity index (χ3v) is 3.94. The molecule has 2 aromatic rings. The molecule has 20 heavy (non-hydrogen) atoms. The molecule has 0 saturated heterocycles. The minimum absolute atomic E-state index is 0.727. The maximum Gasteiger partial charge on any atom is 0.0675 e. The number of pyridine rings is 1. The van der Waals surface area contributed by atoms with E-state index in [1.54, 1.807) is 0 Å². The fourth-order valence-electron chi connectivity index (χ4n) is 2.69. The van der Waals surface area contributed by atoms with Gasteiger partial charge < -0.3 is 5.32 Å². The number of aryl methyl sites for hydroxylation is 2. The fourth-order valence-corrected chi connectivity index (χ4v) is 2.69. The first-order valence-electron chi connectivity index (χ1n) is 7.40. The number of hydrogen-bond donors (Lipinski definition) is 1. The van der Waals surface area contributed by atoms with Crippen LogP contribution in [0.2, 0.25) is 0 Å². The zero-order valence-electron chi connectivity index (χ0n) is 12.5. The van der Waals surface area contributed by atoms with Gasteiger partial charge in [0.15, 0.2) is 0 Å². The summed E-state index contributed by atoms with van der Waals surface area (Å²) in [5, 5.41) is 8.13. The average molecular weight is 270 g/mol. The van der Waals surface area contributed by atoms with E-state index in [0.29, 0.717) is 0 Å². The van der Waals surface area contributed by atoms with Gasteiger partial charge >= 0.3 is 0 Å². The van der Waals surface area contributed by atoms with Crippen LogP contribution in [0.15, 0.2) is 18.5 Å². The summed E-state index contributed by atoms with van der Waals surface area (Å²) < 4.78 is 2.06. The van der Waals surface area contributed by atoms with E-state index in [9.17, 15) is 0 Å². The highest BCUT2D eigenvalue weighted by Gasteiger charge is 2.20. The average Bonchev–Trinajstić information content (AvgIpc) is 3.23. The summed E-state index contributed by atoms with van der Waals surface area (Å²) in [6.45, 7) is 8.14. The molecule has 0 amide bonds. The molecule has 0 atom stereocenters. The van der Waals surface area contributed by atoms with Gasteiger partial charge in [-0.25, -0.2) is 0 Å². The van der Waals surface area contributed by atoms with Crippen LogP contribution in [-0.4, -0.2) is 20.8 Å². The standard InChI is InChI=1S/C16H22N4/c1-4-20-12(3)16(11(2)19-20)14-7-13(8-17-10-14)9-18-15-5-6-15/h7-8,10,15,18H,4-6,9H2,1-3H3. The van der Waals surface area contributed by atoms with Crippen LogP contribution in [-0.2, 0) is 13.1 Å². The van der Waals surface area contributed by atoms with Gasteiger partial charge in [0.1, 0.15) is 0 Å². The Morgan fingerprint density at radius 1 is 1.30 bits per heavy atom. The second-order valence-corrected chi connectivity index (χ2v) is 5.60. The zero-order chi connectivity index (χ0) is 14.1. The molecule has 3 rings (SSSR count). The van der Waals surface area contributed by atoms with Gasteiger partial charge in [-0.3, -0.25) is 9.67 Å². The van der Waals surface area contributed by atoms with Crippen molar-refractivity contribution < 1.29 is 0 Å². The third-order valence-electron chi connectivity index (χ3n) is 3.94. The first-order valence-corrected chi connectivity index (χ1v) is 7.40. The fraction of sp³-hybridized carbons (Fsp3) is 0.500. The van der Waals surface area contributed by atoms with Crippen LogP contribution in [0.4, 0.5) is 0 Å².